The summed E-state index contributed by atoms with van der Waals surface area (Å²) >= 11 is 3.35. The molecule has 0 unspecified atom stereocenters. The lowest BCUT2D eigenvalue weighted by Crippen LogP contribution is -2.35. The summed E-state index contributed by atoms with van der Waals surface area (Å²) in [6, 6.07) is 12.9. The van der Waals surface area contributed by atoms with Gasteiger partial charge >= 0.3 is 0 Å². The number of carbonyl (C=O) groups excluding carboxylic acids is 2. The molecule has 1 saturated heterocycles. The number of hydrogen-bond acceptors (Lipinski definition) is 3. The molecule has 2 aromatic carbocycles. The summed E-state index contributed by atoms with van der Waals surface area (Å²) in [5.41, 5.74) is 5.25. The van der Waals surface area contributed by atoms with E-state index in [4.69, 9.17) is 4.74 Å². The van der Waals surface area contributed by atoms with Gasteiger partial charge in [0.15, 0.2) is 0 Å². The third-order valence-electron chi connectivity index (χ3n) is 4.21. The van der Waals surface area contributed by atoms with Crippen molar-refractivity contribution in [1.29, 1.82) is 0 Å². The normalized spacial score (nSPS) is 20.6. The first-order chi connectivity index (χ1) is 12.0. The Bertz CT molecular complexity index is 905. The Morgan fingerprint density at radius 1 is 1.20 bits per heavy atom. The molecule has 0 spiro atoms. The van der Waals surface area contributed by atoms with E-state index in [1.807, 2.05) is 37.3 Å². The van der Waals surface area contributed by atoms with E-state index in [0.29, 0.717) is 5.69 Å². The van der Waals surface area contributed by atoms with Crippen LogP contribution in [0.15, 0.2) is 52.5 Å². The van der Waals surface area contributed by atoms with Crippen molar-refractivity contribution in [3.8, 4) is 5.75 Å². The lowest BCUT2D eigenvalue weighted by Gasteiger charge is -2.14. The largest absolute Gasteiger partial charge is 0.490 e. The van der Waals surface area contributed by atoms with Crippen molar-refractivity contribution in [3.63, 3.8) is 0 Å². The first kappa shape index (κ1) is 15.9. The zero-order chi connectivity index (χ0) is 17.6. The van der Waals surface area contributed by atoms with E-state index in [1.165, 1.54) is 5.01 Å². The number of nitrogens with zero attached hydrogens (tertiary/aromatic N) is 1. The third-order valence-corrected chi connectivity index (χ3v) is 4.74. The highest BCUT2D eigenvalue weighted by molar-refractivity contribution is 9.10. The summed E-state index contributed by atoms with van der Waals surface area (Å²) in [5.74, 6) is 0.101. The minimum atomic E-state index is -0.405. The van der Waals surface area contributed by atoms with Crippen molar-refractivity contribution in [2.75, 3.05) is 5.01 Å². The number of carbonyl (C=O) groups is 2. The quantitative estimate of drug-likeness (QED) is 0.623. The lowest BCUT2D eigenvalue weighted by molar-refractivity contribution is -0.117. The van der Waals surface area contributed by atoms with Crippen LogP contribution in [0, 0.1) is 0 Å². The number of anilines is 1. The molecule has 1 fully saturated rings. The molecule has 0 bridgehead atoms. The fourth-order valence-electron chi connectivity index (χ4n) is 3.03. The van der Waals surface area contributed by atoms with Gasteiger partial charge in [0.25, 0.3) is 11.8 Å². The van der Waals surface area contributed by atoms with Crippen LogP contribution in [-0.2, 0) is 16.0 Å². The van der Waals surface area contributed by atoms with Crippen molar-refractivity contribution in [2.45, 2.75) is 19.4 Å². The van der Waals surface area contributed by atoms with Gasteiger partial charge in [-0.3, -0.25) is 15.0 Å². The Kier molecular flexibility index (Phi) is 3.84. The second-order valence-corrected chi connectivity index (χ2v) is 7.03. The van der Waals surface area contributed by atoms with E-state index in [2.05, 4.69) is 21.4 Å². The van der Waals surface area contributed by atoms with E-state index in [0.717, 1.165) is 27.8 Å². The number of ether oxygens (including phenoxy) is 1. The molecule has 1 N–H and O–H groups in total. The fraction of sp³-hybridized carbons (Fsp3) is 0.158. The van der Waals surface area contributed by atoms with Gasteiger partial charge < -0.3 is 4.74 Å². The number of benzene rings is 2. The van der Waals surface area contributed by atoms with Crippen LogP contribution in [0.2, 0.25) is 0 Å². The van der Waals surface area contributed by atoms with Crippen LogP contribution in [-0.4, -0.2) is 17.9 Å². The van der Waals surface area contributed by atoms with E-state index in [1.54, 1.807) is 18.2 Å². The predicted octanol–water partition coefficient (Wildman–Crippen LogP) is 3.23. The van der Waals surface area contributed by atoms with Gasteiger partial charge in [-0.15, -0.1) is 0 Å². The summed E-state index contributed by atoms with van der Waals surface area (Å²) in [4.78, 5) is 24.9. The highest BCUT2D eigenvalue weighted by Gasteiger charge is 2.34. The highest BCUT2D eigenvalue weighted by Crippen LogP contribution is 2.30. The van der Waals surface area contributed by atoms with Crippen molar-refractivity contribution in [1.82, 2.24) is 5.43 Å². The van der Waals surface area contributed by atoms with E-state index >= 15 is 0 Å². The molecule has 2 aliphatic rings. The third kappa shape index (κ3) is 2.93. The van der Waals surface area contributed by atoms with Gasteiger partial charge in [0.05, 0.1) is 5.69 Å². The van der Waals surface area contributed by atoms with Gasteiger partial charge in [0.1, 0.15) is 17.4 Å². The number of fused-ring (bicyclic) bond motifs is 1. The molecule has 5 nitrogen and oxygen atoms in total. The first-order valence-corrected chi connectivity index (χ1v) is 8.73. The zero-order valence-electron chi connectivity index (χ0n) is 13.5. The Labute approximate surface area is 153 Å². The molecule has 2 aromatic rings. The SMILES string of the molecule is C[C@H]1Cc2cc(/C=C3\C(=O)NN(c4ccc(Br)cc4)C3=O)ccc2O1. The number of nitrogens with one attached hydrogen (secondary N) is 1. The summed E-state index contributed by atoms with van der Waals surface area (Å²) in [7, 11) is 0. The number of hydrogen-bond donors (Lipinski definition) is 1. The molecule has 4 rings (SSSR count). The molecule has 25 heavy (non-hydrogen) atoms. The van der Waals surface area contributed by atoms with Crippen molar-refractivity contribution < 1.29 is 14.3 Å². The summed E-state index contributed by atoms with van der Waals surface area (Å²) in [6.07, 6.45) is 2.61. The predicted molar refractivity (Wildman–Crippen MR) is 98.0 cm³/mol. The van der Waals surface area contributed by atoms with Crippen LogP contribution < -0.4 is 15.2 Å². The lowest BCUT2D eigenvalue weighted by atomic mass is 10.0. The molecular weight excluding hydrogens is 384 g/mol. The number of amides is 2. The number of halogens is 1. The molecule has 0 saturated carbocycles. The monoisotopic (exact) mass is 398 g/mol. The molecule has 1 atom stereocenters. The second kappa shape index (κ2) is 6.04. The summed E-state index contributed by atoms with van der Waals surface area (Å²) < 4.78 is 6.58. The maximum Gasteiger partial charge on any atom is 0.282 e. The minimum absolute atomic E-state index is 0.120. The molecule has 2 aliphatic heterocycles. The molecule has 2 heterocycles. The van der Waals surface area contributed by atoms with Gasteiger partial charge in [-0.25, -0.2) is 5.01 Å². The Hall–Kier alpha value is -2.60. The first-order valence-electron chi connectivity index (χ1n) is 7.93. The van der Waals surface area contributed by atoms with Gasteiger partial charge in [-0.1, -0.05) is 22.0 Å². The fourth-order valence-corrected chi connectivity index (χ4v) is 3.29. The topological polar surface area (TPSA) is 58.6 Å². The molecule has 0 aliphatic carbocycles. The Morgan fingerprint density at radius 3 is 2.72 bits per heavy atom. The molecule has 0 radical (unpaired) electrons. The van der Waals surface area contributed by atoms with E-state index in [9.17, 15) is 9.59 Å². The molecular formula is C19H15BrN2O3. The highest BCUT2D eigenvalue weighted by atomic mass is 79.9. The van der Waals surface area contributed by atoms with Gasteiger partial charge in [-0.05, 0) is 60.5 Å². The molecule has 126 valence electrons. The van der Waals surface area contributed by atoms with Crippen LogP contribution in [0.3, 0.4) is 0 Å². The smallest absolute Gasteiger partial charge is 0.282 e. The van der Waals surface area contributed by atoms with E-state index in [-0.39, 0.29) is 17.6 Å². The van der Waals surface area contributed by atoms with E-state index < -0.39 is 5.91 Å². The molecule has 0 aromatic heterocycles. The number of rotatable bonds is 2. The standard InChI is InChI=1S/C19H15BrN2O3/c1-11-8-13-9-12(2-7-17(13)25-11)10-16-18(23)21-22(19(16)24)15-5-3-14(20)4-6-15/h2-7,9-11H,8H2,1H3,(H,21,23)/b16-10+/t11-/m0/s1. The Balaban J connectivity index is 1.63. The summed E-state index contributed by atoms with van der Waals surface area (Å²) in [6.45, 7) is 2.02. The second-order valence-electron chi connectivity index (χ2n) is 6.12. The Morgan fingerprint density at radius 2 is 1.96 bits per heavy atom. The van der Waals surface area contributed by atoms with Gasteiger partial charge in [0.2, 0.25) is 0 Å². The van der Waals surface area contributed by atoms with Crippen molar-refractivity contribution in [2.24, 2.45) is 0 Å². The maximum absolute atomic E-state index is 12.6. The molecule has 6 heteroatoms. The van der Waals surface area contributed by atoms with Crippen LogP contribution in [0.4, 0.5) is 5.69 Å². The van der Waals surface area contributed by atoms with Crippen LogP contribution in [0.1, 0.15) is 18.1 Å². The van der Waals surface area contributed by atoms with Gasteiger partial charge in [0, 0.05) is 10.9 Å². The van der Waals surface area contributed by atoms with Crippen LogP contribution in [0.5, 0.6) is 5.75 Å². The average molecular weight is 399 g/mol. The maximum atomic E-state index is 12.6. The van der Waals surface area contributed by atoms with Gasteiger partial charge in [-0.2, -0.15) is 0 Å². The molecule has 2 amide bonds. The van der Waals surface area contributed by atoms with Crippen LogP contribution >= 0.6 is 15.9 Å². The van der Waals surface area contributed by atoms with Crippen LogP contribution in [0.25, 0.3) is 6.08 Å². The zero-order valence-corrected chi connectivity index (χ0v) is 15.0. The summed E-state index contributed by atoms with van der Waals surface area (Å²) in [5, 5.41) is 1.26. The van der Waals surface area contributed by atoms with Crippen molar-refractivity contribution >= 4 is 39.5 Å². The average Bonchev–Trinajstić information content (AvgIpc) is 3.09. The minimum Gasteiger partial charge on any atom is -0.490 e. The van der Waals surface area contributed by atoms with Crippen molar-refractivity contribution in [3.05, 3.63) is 63.6 Å². The number of hydrazine groups is 1.